The Balaban J connectivity index is 1.77. The van der Waals surface area contributed by atoms with Gasteiger partial charge >= 0.3 is 0 Å². The molecule has 1 aromatic rings. The van der Waals surface area contributed by atoms with E-state index in [4.69, 9.17) is 0 Å². The Morgan fingerprint density at radius 1 is 1.31 bits per heavy atom. The lowest BCUT2D eigenvalue weighted by molar-refractivity contribution is 0.144. The summed E-state index contributed by atoms with van der Waals surface area (Å²) in [6, 6.07) is 0. The second kappa shape index (κ2) is 3.86. The zero-order valence-electron chi connectivity index (χ0n) is 10.2. The molecule has 3 heteroatoms. The van der Waals surface area contributed by atoms with E-state index in [2.05, 4.69) is 23.9 Å². The lowest BCUT2D eigenvalue weighted by Gasteiger charge is -2.33. The predicted molar refractivity (Wildman–Crippen MR) is 62.7 cm³/mol. The Labute approximate surface area is 97.3 Å². The van der Waals surface area contributed by atoms with Crippen molar-refractivity contribution in [3.05, 3.63) is 12.7 Å². The van der Waals surface area contributed by atoms with Crippen LogP contribution in [0, 0.1) is 29.6 Å². The van der Waals surface area contributed by atoms with Crippen molar-refractivity contribution in [1.29, 1.82) is 0 Å². The van der Waals surface area contributed by atoms with Crippen molar-refractivity contribution in [2.45, 2.75) is 39.7 Å². The van der Waals surface area contributed by atoms with Crippen LogP contribution < -0.4 is 0 Å². The Kier molecular flexibility index (Phi) is 2.49. The molecule has 0 aliphatic heterocycles. The van der Waals surface area contributed by atoms with Crippen LogP contribution in [0.25, 0.3) is 0 Å². The molecule has 2 bridgehead atoms. The average molecular weight is 219 g/mol. The molecule has 3 nitrogen and oxygen atoms in total. The molecule has 4 atom stereocenters. The minimum absolute atomic E-state index is 0.823. The monoisotopic (exact) mass is 219 g/mol. The fraction of sp³-hybridized carbons (Fsp3) is 0.846. The molecule has 0 radical (unpaired) electrons. The van der Waals surface area contributed by atoms with Crippen molar-refractivity contribution in [3.63, 3.8) is 0 Å². The molecule has 16 heavy (non-hydrogen) atoms. The third-order valence-electron chi connectivity index (χ3n) is 4.79. The number of aromatic nitrogens is 3. The van der Waals surface area contributed by atoms with E-state index in [0.717, 1.165) is 36.1 Å². The van der Waals surface area contributed by atoms with Crippen molar-refractivity contribution >= 4 is 0 Å². The van der Waals surface area contributed by atoms with Gasteiger partial charge in [0.2, 0.25) is 0 Å². The van der Waals surface area contributed by atoms with Crippen LogP contribution in [0.2, 0.25) is 0 Å². The summed E-state index contributed by atoms with van der Waals surface area (Å²) in [6.07, 6.45) is 7.91. The summed E-state index contributed by atoms with van der Waals surface area (Å²) in [5.41, 5.74) is 0. The molecular weight excluding hydrogens is 198 g/mol. The maximum Gasteiger partial charge on any atom is 0.137 e. The molecule has 2 aliphatic carbocycles. The standard InChI is InChI=1S/C13H21N3/c1-9(2)13-11-4-3-10(5-11)12(13)6-16-8-14-7-15-16/h7-13H,3-6H2,1-2H3. The molecule has 3 rings (SSSR count). The highest BCUT2D eigenvalue weighted by atomic mass is 15.3. The maximum absolute atomic E-state index is 4.26. The molecule has 2 aliphatic rings. The van der Waals surface area contributed by atoms with Crippen molar-refractivity contribution in [2.24, 2.45) is 29.6 Å². The van der Waals surface area contributed by atoms with E-state index in [1.54, 1.807) is 6.33 Å². The molecule has 0 amide bonds. The molecule has 1 aromatic heterocycles. The first-order valence-corrected chi connectivity index (χ1v) is 6.58. The van der Waals surface area contributed by atoms with Gasteiger partial charge in [0.1, 0.15) is 12.7 Å². The lowest BCUT2D eigenvalue weighted by atomic mass is 9.73. The van der Waals surface area contributed by atoms with Gasteiger partial charge in [-0.3, -0.25) is 4.68 Å². The van der Waals surface area contributed by atoms with Crippen LogP contribution in [0.5, 0.6) is 0 Å². The van der Waals surface area contributed by atoms with Gasteiger partial charge in [0.05, 0.1) is 0 Å². The maximum atomic E-state index is 4.26. The van der Waals surface area contributed by atoms with Gasteiger partial charge in [-0.1, -0.05) is 13.8 Å². The Morgan fingerprint density at radius 3 is 2.81 bits per heavy atom. The average Bonchev–Trinajstić information content (AvgIpc) is 2.90. The third-order valence-corrected chi connectivity index (χ3v) is 4.79. The molecule has 1 heterocycles. The van der Waals surface area contributed by atoms with E-state index in [1.165, 1.54) is 19.3 Å². The minimum Gasteiger partial charge on any atom is -0.253 e. The van der Waals surface area contributed by atoms with Crippen molar-refractivity contribution in [3.8, 4) is 0 Å². The number of nitrogens with zero attached hydrogens (tertiary/aromatic N) is 3. The largest absolute Gasteiger partial charge is 0.253 e. The fourth-order valence-electron chi connectivity index (χ4n) is 4.31. The van der Waals surface area contributed by atoms with E-state index >= 15 is 0 Å². The highest BCUT2D eigenvalue weighted by molar-refractivity contribution is 4.97. The Hall–Kier alpha value is -0.860. The molecule has 4 unspecified atom stereocenters. The Morgan fingerprint density at radius 2 is 2.12 bits per heavy atom. The summed E-state index contributed by atoms with van der Waals surface area (Å²) < 4.78 is 2.03. The van der Waals surface area contributed by atoms with Gasteiger partial charge < -0.3 is 0 Å². The molecule has 2 saturated carbocycles. The number of hydrogen-bond donors (Lipinski definition) is 0. The minimum atomic E-state index is 0.823. The van der Waals surface area contributed by atoms with E-state index in [0.29, 0.717) is 0 Å². The number of hydrogen-bond acceptors (Lipinski definition) is 2. The summed E-state index contributed by atoms with van der Waals surface area (Å²) in [5, 5.41) is 4.26. The summed E-state index contributed by atoms with van der Waals surface area (Å²) >= 11 is 0. The molecule has 0 N–H and O–H groups in total. The molecule has 0 saturated heterocycles. The number of rotatable bonds is 3. The van der Waals surface area contributed by atoms with Crippen LogP contribution in [0.15, 0.2) is 12.7 Å². The van der Waals surface area contributed by atoms with Crippen LogP contribution >= 0.6 is 0 Å². The first-order chi connectivity index (χ1) is 7.75. The topological polar surface area (TPSA) is 30.7 Å². The van der Waals surface area contributed by atoms with Crippen LogP contribution in [-0.4, -0.2) is 14.8 Å². The highest BCUT2D eigenvalue weighted by Crippen LogP contribution is 2.55. The van der Waals surface area contributed by atoms with Gasteiger partial charge in [-0.15, -0.1) is 0 Å². The summed E-state index contributed by atoms with van der Waals surface area (Å²) in [6.45, 7) is 5.86. The zero-order valence-corrected chi connectivity index (χ0v) is 10.2. The molecule has 2 fully saturated rings. The van der Waals surface area contributed by atoms with Gasteiger partial charge in [0.15, 0.2) is 0 Å². The predicted octanol–water partition coefficient (Wildman–Crippen LogP) is 2.60. The van der Waals surface area contributed by atoms with E-state index in [9.17, 15) is 0 Å². The summed E-state index contributed by atoms with van der Waals surface area (Å²) in [5.74, 6) is 4.55. The van der Waals surface area contributed by atoms with Crippen molar-refractivity contribution in [1.82, 2.24) is 14.8 Å². The quantitative estimate of drug-likeness (QED) is 0.782. The van der Waals surface area contributed by atoms with Crippen LogP contribution in [-0.2, 0) is 6.54 Å². The second-order valence-corrected chi connectivity index (χ2v) is 5.94. The smallest absolute Gasteiger partial charge is 0.137 e. The third kappa shape index (κ3) is 1.57. The van der Waals surface area contributed by atoms with Gasteiger partial charge in [-0.2, -0.15) is 5.10 Å². The lowest BCUT2D eigenvalue weighted by Crippen LogP contribution is -2.30. The Bertz CT molecular complexity index is 344. The van der Waals surface area contributed by atoms with Crippen molar-refractivity contribution < 1.29 is 0 Å². The summed E-state index contributed by atoms with van der Waals surface area (Å²) in [4.78, 5) is 4.05. The highest BCUT2D eigenvalue weighted by Gasteiger charge is 2.48. The van der Waals surface area contributed by atoms with Crippen LogP contribution in [0.4, 0.5) is 0 Å². The van der Waals surface area contributed by atoms with Crippen LogP contribution in [0.1, 0.15) is 33.1 Å². The SMILES string of the molecule is CC(C)C1C2CCC(C2)C1Cn1cncn1. The first kappa shape index (κ1) is 10.3. The van der Waals surface area contributed by atoms with Gasteiger partial charge in [0, 0.05) is 6.54 Å². The van der Waals surface area contributed by atoms with E-state index in [-0.39, 0.29) is 0 Å². The van der Waals surface area contributed by atoms with Crippen LogP contribution in [0.3, 0.4) is 0 Å². The molecule has 0 spiro atoms. The fourth-order valence-corrected chi connectivity index (χ4v) is 4.31. The van der Waals surface area contributed by atoms with Gasteiger partial charge in [-0.05, 0) is 48.9 Å². The molecule has 0 aromatic carbocycles. The molecule has 88 valence electrons. The zero-order chi connectivity index (χ0) is 11.1. The second-order valence-electron chi connectivity index (χ2n) is 5.94. The molecular formula is C13H21N3. The summed E-state index contributed by atoms with van der Waals surface area (Å²) in [7, 11) is 0. The van der Waals surface area contributed by atoms with Crippen molar-refractivity contribution in [2.75, 3.05) is 0 Å². The van der Waals surface area contributed by atoms with Gasteiger partial charge in [-0.25, -0.2) is 4.98 Å². The first-order valence-electron chi connectivity index (χ1n) is 6.58. The van der Waals surface area contributed by atoms with E-state index in [1.807, 2.05) is 11.0 Å². The normalized spacial score (nSPS) is 37.4. The van der Waals surface area contributed by atoms with E-state index < -0.39 is 0 Å². The van der Waals surface area contributed by atoms with Gasteiger partial charge in [0.25, 0.3) is 0 Å². The number of fused-ring (bicyclic) bond motifs is 2.